The van der Waals surface area contributed by atoms with Crippen LogP contribution in [0.2, 0.25) is 0 Å². The summed E-state index contributed by atoms with van der Waals surface area (Å²) >= 11 is 0. The fraction of sp³-hybridized carbons (Fsp3) is 0.143. The molecule has 0 aliphatic heterocycles. The molecule has 2 aromatic heterocycles. The van der Waals surface area contributed by atoms with E-state index in [1.807, 2.05) is 31.2 Å². The largest absolute Gasteiger partial charge is 0.392 e. The molecule has 4 rings (SSSR count). The number of aromatic nitrogens is 3. The van der Waals surface area contributed by atoms with Crippen molar-refractivity contribution >= 4 is 5.52 Å². The van der Waals surface area contributed by atoms with Gasteiger partial charge in [-0.1, -0.05) is 29.8 Å². The van der Waals surface area contributed by atoms with Crippen LogP contribution < -0.4 is 5.56 Å². The number of halogens is 1. The molecular weight excluding hydrogens is 345 g/mol. The molecule has 0 amide bonds. The van der Waals surface area contributed by atoms with E-state index < -0.39 is 0 Å². The Labute approximate surface area is 154 Å². The zero-order valence-corrected chi connectivity index (χ0v) is 14.8. The van der Waals surface area contributed by atoms with Gasteiger partial charge in [0, 0.05) is 23.5 Å². The van der Waals surface area contributed by atoms with Crippen molar-refractivity contribution in [2.45, 2.75) is 20.1 Å². The molecular formula is C21H18FN3O2. The molecule has 0 aliphatic carbocycles. The van der Waals surface area contributed by atoms with Crippen molar-refractivity contribution in [1.29, 1.82) is 0 Å². The van der Waals surface area contributed by atoms with Crippen LogP contribution in [0.1, 0.15) is 16.7 Å². The van der Waals surface area contributed by atoms with Gasteiger partial charge in [-0.25, -0.2) is 8.91 Å². The van der Waals surface area contributed by atoms with Gasteiger partial charge in [0.05, 0.1) is 18.8 Å². The Balaban J connectivity index is 1.85. The van der Waals surface area contributed by atoms with Gasteiger partial charge in [-0.3, -0.25) is 4.79 Å². The van der Waals surface area contributed by atoms with E-state index in [0.29, 0.717) is 28.9 Å². The molecule has 0 fully saturated rings. The highest BCUT2D eigenvalue weighted by atomic mass is 19.1. The second kappa shape index (κ2) is 6.81. The number of rotatable bonds is 4. The van der Waals surface area contributed by atoms with Crippen molar-refractivity contribution < 1.29 is 9.50 Å². The number of aliphatic hydroxyl groups is 1. The topological polar surface area (TPSA) is 59.5 Å². The highest BCUT2D eigenvalue weighted by molar-refractivity contribution is 5.72. The average molecular weight is 363 g/mol. The predicted octanol–water partition coefficient (Wildman–Crippen LogP) is 3.15. The second-order valence-electron chi connectivity index (χ2n) is 6.51. The summed E-state index contributed by atoms with van der Waals surface area (Å²) < 4.78 is 16.3. The Morgan fingerprint density at radius 3 is 2.59 bits per heavy atom. The predicted molar refractivity (Wildman–Crippen MR) is 101 cm³/mol. The molecule has 5 nitrogen and oxygen atoms in total. The summed E-state index contributed by atoms with van der Waals surface area (Å²) in [7, 11) is 0. The molecule has 27 heavy (non-hydrogen) atoms. The van der Waals surface area contributed by atoms with Crippen LogP contribution in [0.4, 0.5) is 4.39 Å². The van der Waals surface area contributed by atoms with Crippen LogP contribution in [0, 0.1) is 12.7 Å². The molecule has 0 radical (unpaired) electrons. The van der Waals surface area contributed by atoms with Crippen LogP contribution >= 0.6 is 0 Å². The van der Waals surface area contributed by atoms with Crippen molar-refractivity contribution in [1.82, 2.24) is 14.2 Å². The van der Waals surface area contributed by atoms with Crippen LogP contribution in [-0.4, -0.2) is 19.3 Å². The molecule has 0 saturated carbocycles. The van der Waals surface area contributed by atoms with Crippen LogP contribution in [0.5, 0.6) is 0 Å². The van der Waals surface area contributed by atoms with Crippen LogP contribution in [0.15, 0.2) is 65.7 Å². The quantitative estimate of drug-likeness (QED) is 0.606. The number of fused-ring (bicyclic) bond motifs is 1. The smallest absolute Gasteiger partial charge is 0.277 e. The Hall–Kier alpha value is -3.25. The third-order valence-electron chi connectivity index (χ3n) is 4.57. The lowest BCUT2D eigenvalue weighted by atomic mass is 10.1. The number of nitrogens with zero attached hydrogens (tertiary/aromatic N) is 3. The van der Waals surface area contributed by atoms with Gasteiger partial charge in [-0.2, -0.15) is 5.10 Å². The molecule has 4 aromatic rings. The van der Waals surface area contributed by atoms with Gasteiger partial charge in [0.15, 0.2) is 0 Å². The third-order valence-corrected chi connectivity index (χ3v) is 4.57. The van der Waals surface area contributed by atoms with Crippen LogP contribution in [-0.2, 0) is 13.2 Å². The Kier molecular flexibility index (Phi) is 4.33. The molecule has 0 saturated heterocycles. The van der Waals surface area contributed by atoms with Gasteiger partial charge < -0.3 is 9.67 Å². The molecule has 0 aliphatic rings. The molecule has 0 bridgehead atoms. The molecule has 2 heterocycles. The van der Waals surface area contributed by atoms with E-state index >= 15 is 0 Å². The highest BCUT2D eigenvalue weighted by Gasteiger charge is 2.17. The van der Waals surface area contributed by atoms with E-state index in [1.54, 1.807) is 29.1 Å². The van der Waals surface area contributed by atoms with Crippen molar-refractivity contribution in [2.75, 3.05) is 0 Å². The Morgan fingerprint density at radius 2 is 1.89 bits per heavy atom. The summed E-state index contributed by atoms with van der Waals surface area (Å²) in [5.74, 6) is -0.353. The van der Waals surface area contributed by atoms with E-state index in [-0.39, 0.29) is 18.0 Å². The van der Waals surface area contributed by atoms with Crippen molar-refractivity contribution in [3.05, 3.63) is 93.8 Å². The molecule has 2 aromatic carbocycles. The van der Waals surface area contributed by atoms with Gasteiger partial charge in [-0.05, 0) is 36.8 Å². The monoisotopic (exact) mass is 363 g/mol. The average Bonchev–Trinajstić information content (AvgIpc) is 3.04. The highest BCUT2D eigenvalue weighted by Crippen LogP contribution is 2.25. The lowest BCUT2D eigenvalue weighted by molar-refractivity contribution is 0.283. The van der Waals surface area contributed by atoms with Gasteiger partial charge in [-0.15, -0.1) is 0 Å². The number of benzene rings is 2. The van der Waals surface area contributed by atoms with Gasteiger partial charge >= 0.3 is 0 Å². The molecule has 0 unspecified atom stereocenters. The number of hydrogen-bond acceptors (Lipinski definition) is 3. The SMILES string of the molecule is Cc1cccc(Cn2ccn3nc(-c4ccc(F)cc4)c(CO)c3c2=O)c1. The number of aryl methyl sites for hydroxylation is 1. The summed E-state index contributed by atoms with van der Waals surface area (Å²) in [5.41, 5.74) is 3.80. The van der Waals surface area contributed by atoms with E-state index in [2.05, 4.69) is 5.10 Å². The first-order valence-corrected chi connectivity index (χ1v) is 8.60. The molecule has 1 N–H and O–H groups in total. The van der Waals surface area contributed by atoms with Crippen LogP contribution in [0.25, 0.3) is 16.8 Å². The molecule has 0 spiro atoms. The first-order valence-electron chi connectivity index (χ1n) is 8.60. The molecule has 0 atom stereocenters. The lowest BCUT2D eigenvalue weighted by Gasteiger charge is -2.07. The minimum absolute atomic E-state index is 0.232. The zero-order chi connectivity index (χ0) is 19.0. The van der Waals surface area contributed by atoms with Gasteiger partial charge in [0.2, 0.25) is 0 Å². The van der Waals surface area contributed by atoms with E-state index in [4.69, 9.17) is 0 Å². The van der Waals surface area contributed by atoms with E-state index in [9.17, 15) is 14.3 Å². The Bertz CT molecular complexity index is 1180. The first kappa shape index (κ1) is 17.2. The fourth-order valence-electron chi connectivity index (χ4n) is 3.27. The maximum atomic E-state index is 13.2. The minimum Gasteiger partial charge on any atom is -0.392 e. The van der Waals surface area contributed by atoms with Crippen molar-refractivity contribution in [3.63, 3.8) is 0 Å². The Morgan fingerprint density at radius 1 is 1.11 bits per heavy atom. The van der Waals surface area contributed by atoms with Gasteiger partial charge in [0.25, 0.3) is 5.56 Å². The third kappa shape index (κ3) is 3.15. The van der Waals surface area contributed by atoms with Crippen molar-refractivity contribution in [3.8, 4) is 11.3 Å². The molecule has 136 valence electrons. The molecule has 6 heteroatoms. The minimum atomic E-state index is -0.353. The first-order chi connectivity index (χ1) is 13.1. The summed E-state index contributed by atoms with van der Waals surface area (Å²) in [6.45, 7) is 2.10. The summed E-state index contributed by atoms with van der Waals surface area (Å²) in [6.07, 6.45) is 3.37. The van der Waals surface area contributed by atoms with E-state index in [0.717, 1.165) is 11.1 Å². The fourth-order valence-corrected chi connectivity index (χ4v) is 3.27. The maximum Gasteiger partial charge on any atom is 0.277 e. The summed E-state index contributed by atoms with van der Waals surface area (Å²) in [6, 6.07) is 13.8. The maximum absolute atomic E-state index is 13.2. The van der Waals surface area contributed by atoms with E-state index in [1.165, 1.54) is 16.6 Å². The summed E-state index contributed by atoms with van der Waals surface area (Å²) in [5, 5.41) is 14.3. The standard InChI is InChI=1S/C21H18FN3O2/c1-14-3-2-4-15(11-14)12-24-9-10-25-20(21(24)27)18(13-26)19(23-25)16-5-7-17(22)8-6-16/h2-11,26H,12-13H2,1H3. The zero-order valence-electron chi connectivity index (χ0n) is 14.8. The van der Waals surface area contributed by atoms with Crippen LogP contribution in [0.3, 0.4) is 0 Å². The number of hydrogen-bond donors (Lipinski definition) is 1. The normalized spacial score (nSPS) is 11.2. The second-order valence-corrected chi connectivity index (χ2v) is 6.51. The van der Waals surface area contributed by atoms with Gasteiger partial charge in [0.1, 0.15) is 11.3 Å². The summed E-state index contributed by atoms with van der Waals surface area (Å²) in [4.78, 5) is 13.0. The van der Waals surface area contributed by atoms with Crippen molar-refractivity contribution in [2.24, 2.45) is 0 Å². The lowest BCUT2D eigenvalue weighted by Crippen LogP contribution is -2.22. The number of aliphatic hydroxyl groups excluding tert-OH is 1.